The van der Waals surface area contributed by atoms with Crippen molar-refractivity contribution in [3.8, 4) is 0 Å². The van der Waals surface area contributed by atoms with Crippen LogP contribution in [0.15, 0.2) is 34.3 Å². The Kier molecular flexibility index (Phi) is 12.8. The number of ether oxygens (including phenoxy) is 1. The lowest BCUT2D eigenvalue weighted by atomic mass is 9.90. The van der Waals surface area contributed by atoms with E-state index < -0.39 is 41.9 Å². The number of oxazole rings is 1. The summed E-state index contributed by atoms with van der Waals surface area (Å²) in [4.78, 5) is 56.8. The van der Waals surface area contributed by atoms with E-state index in [0.717, 1.165) is 29.7 Å². The minimum atomic E-state index is -0.901. The fourth-order valence-corrected chi connectivity index (χ4v) is 4.95. The van der Waals surface area contributed by atoms with Crippen LogP contribution in [0.4, 0.5) is 0 Å². The second kappa shape index (κ2) is 15.5. The van der Waals surface area contributed by atoms with Gasteiger partial charge in [-0.05, 0) is 56.6 Å². The quantitative estimate of drug-likeness (QED) is 0.235. The first-order valence-electron chi connectivity index (χ1n) is 14.4. The summed E-state index contributed by atoms with van der Waals surface area (Å²) in [6, 6.07) is -1.75. The molecule has 1 saturated heterocycles. The number of hydrogen-bond donors (Lipinski definition) is 2. The van der Waals surface area contributed by atoms with Crippen molar-refractivity contribution in [2.75, 3.05) is 0 Å². The number of hydrogen-bond acceptors (Lipinski definition) is 7. The van der Waals surface area contributed by atoms with Crippen molar-refractivity contribution in [1.29, 1.82) is 0 Å². The summed E-state index contributed by atoms with van der Waals surface area (Å²) in [5, 5.41) is 5.58. The van der Waals surface area contributed by atoms with Crippen molar-refractivity contribution in [3.05, 3.63) is 35.6 Å². The van der Waals surface area contributed by atoms with Gasteiger partial charge in [0.15, 0.2) is 6.39 Å². The molecular formula is C31H47N3O6. The van der Waals surface area contributed by atoms with Gasteiger partial charge in [0.05, 0.1) is 12.3 Å². The van der Waals surface area contributed by atoms with Crippen molar-refractivity contribution in [3.63, 3.8) is 0 Å². The molecule has 1 aliphatic heterocycles. The Morgan fingerprint density at radius 3 is 2.23 bits per heavy atom. The molecule has 2 N–H and O–H groups in total. The highest BCUT2D eigenvalue weighted by Gasteiger charge is 2.37. The number of esters is 1. The highest BCUT2D eigenvalue weighted by Crippen LogP contribution is 2.24. The minimum absolute atomic E-state index is 0.178. The molecule has 1 fully saturated rings. The summed E-state index contributed by atoms with van der Waals surface area (Å²) in [7, 11) is 0. The van der Waals surface area contributed by atoms with Crippen LogP contribution in [0.5, 0.6) is 0 Å². The van der Waals surface area contributed by atoms with Crippen molar-refractivity contribution in [1.82, 2.24) is 15.6 Å². The van der Waals surface area contributed by atoms with Crippen LogP contribution in [0.3, 0.4) is 0 Å². The van der Waals surface area contributed by atoms with Crippen molar-refractivity contribution >= 4 is 29.6 Å². The maximum absolute atomic E-state index is 13.5. The van der Waals surface area contributed by atoms with E-state index in [9.17, 15) is 19.2 Å². The molecule has 9 nitrogen and oxygen atoms in total. The highest BCUT2D eigenvalue weighted by atomic mass is 16.5. The number of carbonyl (C=O) groups excluding carboxylic acids is 4. The molecule has 0 radical (unpaired) electrons. The Balaban J connectivity index is 2.30. The molecule has 0 bridgehead atoms. The molecular weight excluding hydrogens is 510 g/mol. The molecule has 0 unspecified atom stereocenters. The molecule has 0 saturated carbocycles. The number of allylic oxidation sites excluding steroid dienone is 2. The van der Waals surface area contributed by atoms with E-state index >= 15 is 0 Å². The Morgan fingerprint density at radius 2 is 1.62 bits per heavy atom. The summed E-state index contributed by atoms with van der Waals surface area (Å²) in [6.07, 6.45) is 8.36. The third kappa shape index (κ3) is 9.75. The molecule has 2 amide bonds. The van der Waals surface area contributed by atoms with Crippen LogP contribution < -0.4 is 10.6 Å². The van der Waals surface area contributed by atoms with E-state index in [2.05, 4.69) is 22.5 Å². The molecule has 1 aromatic heterocycles. The van der Waals surface area contributed by atoms with E-state index in [1.807, 2.05) is 53.7 Å². The van der Waals surface area contributed by atoms with Crippen LogP contribution in [0.25, 0.3) is 6.08 Å². The number of Topliss-reactive ketones (excluding diaryl/α,β-unsaturated/α-hetero) is 1. The Hall–Kier alpha value is -3.23. The summed E-state index contributed by atoms with van der Waals surface area (Å²) in [5.74, 6) is -2.71. The monoisotopic (exact) mass is 557 g/mol. The summed E-state index contributed by atoms with van der Waals surface area (Å²) >= 11 is 0. The summed E-state index contributed by atoms with van der Waals surface area (Å²) in [6.45, 7) is 15.4. The Bertz CT molecular complexity index is 1080. The van der Waals surface area contributed by atoms with Gasteiger partial charge in [-0.15, -0.1) is 0 Å². The van der Waals surface area contributed by atoms with Gasteiger partial charge in [0.25, 0.3) is 0 Å². The topological polar surface area (TPSA) is 128 Å². The van der Waals surface area contributed by atoms with E-state index in [1.165, 1.54) is 6.39 Å². The number of nitrogens with one attached hydrogen (secondary N) is 2. The molecule has 2 heterocycles. The predicted octanol–water partition coefficient (Wildman–Crippen LogP) is 5.02. The smallest absolute Gasteiger partial charge is 0.329 e. The number of amides is 2. The SMILES string of the molecule is CC[C@@H](C)[C@H]1NC(=O)CC(=O)[C@H](C)[C@H](/C=C(\C)C[C@H](C)C/C(C)=C/c2cocn2)OC(=O)[C@H]([C@@H](C)CC)NC1=O. The first kappa shape index (κ1) is 33.0. The number of rotatable bonds is 10. The number of aromatic nitrogens is 1. The largest absolute Gasteiger partial charge is 0.456 e. The lowest BCUT2D eigenvalue weighted by Crippen LogP contribution is -2.57. The standard InChI is InChI=1S/C31H47N3O6/c1-9-21(6)28-30(37)34-29(22(7)10-2)31(38)40-26(23(8)25(35)15-27(36)33-28)14-20(5)12-18(3)11-19(4)13-24-16-39-17-32-24/h13-14,16-18,21-23,26,28-29H,9-12,15H2,1-8H3,(H,33,36)(H,34,37)/b19-13+,20-14+/t18-,21-,22+,23+,26+,28-,29+/m1/s1. The van der Waals surface area contributed by atoms with E-state index in [-0.39, 0.29) is 30.0 Å². The molecule has 1 aliphatic rings. The van der Waals surface area contributed by atoms with Crippen LogP contribution in [0, 0.1) is 23.7 Å². The molecule has 1 aromatic rings. The van der Waals surface area contributed by atoms with Crippen molar-refractivity contribution in [2.45, 2.75) is 106 Å². The number of ketones is 1. The molecule has 0 aromatic carbocycles. The zero-order valence-corrected chi connectivity index (χ0v) is 25.3. The van der Waals surface area contributed by atoms with Gasteiger partial charge in [-0.1, -0.05) is 65.5 Å². The third-order valence-corrected chi connectivity index (χ3v) is 7.80. The molecule has 2 rings (SSSR count). The number of cyclic esters (lactones) is 1. The highest BCUT2D eigenvalue weighted by molar-refractivity contribution is 6.01. The fraction of sp³-hybridized carbons (Fsp3) is 0.645. The van der Waals surface area contributed by atoms with Gasteiger partial charge < -0.3 is 19.8 Å². The van der Waals surface area contributed by atoms with Gasteiger partial charge in [-0.3, -0.25) is 14.4 Å². The van der Waals surface area contributed by atoms with Crippen LogP contribution in [0.2, 0.25) is 0 Å². The average Bonchev–Trinajstić information content (AvgIpc) is 3.40. The van der Waals surface area contributed by atoms with Crippen molar-refractivity contribution < 1.29 is 28.3 Å². The first-order valence-corrected chi connectivity index (χ1v) is 14.4. The maximum atomic E-state index is 13.5. The third-order valence-electron chi connectivity index (χ3n) is 7.80. The van der Waals surface area contributed by atoms with Crippen LogP contribution >= 0.6 is 0 Å². The predicted molar refractivity (Wildman–Crippen MR) is 154 cm³/mol. The van der Waals surface area contributed by atoms with Crippen LogP contribution in [-0.2, 0) is 23.9 Å². The first-order chi connectivity index (χ1) is 18.9. The van der Waals surface area contributed by atoms with Crippen LogP contribution in [-0.4, -0.2) is 46.7 Å². The van der Waals surface area contributed by atoms with Gasteiger partial charge in [0.1, 0.15) is 35.9 Å². The second-order valence-electron chi connectivity index (χ2n) is 11.6. The molecule has 40 heavy (non-hydrogen) atoms. The van der Waals surface area contributed by atoms with Gasteiger partial charge >= 0.3 is 5.97 Å². The zero-order valence-electron chi connectivity index (χ0n) is 25.3. The maximum Gasteiger partial charge on any atom is 0.329 e. The number of carbonyl (C=O) groups is 4. The molecule has 222 valence electrons. The van der Waals surface area contributed by atoms with Gasteiger partial charge in [-0.2, -0.15) is 0 Å². The van der Waals surface area contributed by atoms with E-state index in [4.69, 9.17) is 9.15 Å². The fourth-order valence-electron chi connectivity index (χ4n) is 4.95. The Morgan fingerprint density at radius 1 is 1.00 bits per heavy atom. The molecule has 0 spiro atoms. The molecule has 9 heteroatoms. The van der Waals surface area contributed by atoms with Crippen LogP contribution in [0.1, 0.15) is 93.2 Å². The summed E-state index contributed by atoms with van der Waals surface area (Å²) in [5.41, 5.74) is 2.90. The molecule has 0 aliphatic carbocycles. The Labute approximate surface area is 238 Å². The van der Waals surface area contributed by atoms with Crippen molar-refractivity contribution in [2.24, 2.45) is 23.7 Å². The summed E-state index contributed by atoms with van der Waals surface area (Å²) < 4.78 is 11.0. The van der Waals surface area contributed by atoms with Gasteiger partial charge in [0.2, 0.25) is 11.8 Å². The minimum Gasteiger partial charge on any atom is -0.456 e. The lowest BCUT2D eigenvalue weighted by Gasteiger charge is -2.31. The van der Waals surface area contributed by atoms with E-state index in [1.54, 1.807) is 13.2 Å². The van der Waals surface area contributed by atoms with Gasteiger partial charge in [0, 0.05) is 0 Å². The second-order valence-corrected chi connectivity index (χ2v) is 11.6. The number of nitrogens with zero attached hydrogens (tertiary/aromatic N) is 1. The zero-order chi connectivity index (χ0) is 30.0. The van der Waals surface area contributed by atoms with E-state index in [0.29, 0.717) is 12.8 Å². The lowest BCUT2D eigenvalue weighted by molar-refractivity contribution is -0.156. The normalized spacial score (nSPS) is 26.1. The average molecular weight is 558 g/mol. The molecule has 7 atom stereocenters. The van der Waals surface area contributed by atoms with Gasteiger partial charge in [-0.25, -0.2) is 9.78 Å².